The topological polar surface area (TPSA) is 247 Å². The highest BCUT2D eigenvalue weighted by Crippen LogP contribution is 2.39. The lowest BCUT2D eigenvalue weighted by Crippen LogP contribution is -2.61. The number of phenolic OH excluding ortho intramolecular Hbond substituents is 2. The molecule has 2 aromatic carbocycles. The molecular formula is C29H34O16. The van der Waals surface area contributed by atoms with Crippen LogP contribution in [0.5, 0.6) is 28.7 Å². The molecule has 3 aromatic rings. The van der Waals surface area contributed by atoms with E-state index in [2.05, 4.69) is 0 Å². The molecule has 2 saturated heterocycles. The summed E-state index contributed by atoms with van der Waals surface area (Å²) in [7, 11) is 2.58. The van der Waals surface area contributed by atoms with Crippen molar-refractivity contribution < 1.29 is 73.7 Å². The van der Waals surface area contributed by atoms with Crippen LogP contribution in [0.2, 0.25) is 0 Å². The molecule has 1 aromatic heterocycles. The predicted molar refractivity (Wildman–Crippen MR) is 150 cm³/mol. The van der Waals surface area contributed by atoms with Gasteiger partial charge in [0, 0.05) is 17.7 Å². The van der Waals surface area contributed by atoms with E-state index in [9.17, 15) is 45.6 Å². The first kappa shape index (κ1) is 32.7. The summed E-state index contributed by atoms with van der Waals surface area (Å²) in [6.07, 6.45) is -15.2. The van der Waals surface area contributed by atoms with Crippen molar-refractivity contribution in [2.45, 2.75) is 68.3 Å². The Morgan fingerprint density at radius 3 is 2.16 bits per heavy atom. The number of rotatable bonds is 8. The van der Waals surface area contributed by atoms with Gasteiger partial charge in [0.05, 0.1) is 26.9 Å². The second kappa shape index (κ2) is 13.0. The van der Waals surface area contributed by atoms with Gasteiger partial charge in [-0.15, -0.1) is 0 Å². The van der Waals surface area contributed by atoms with Crippen LogP contribution in [0.25, 0.3) is 22.3 Å². The average Bonchev–Trinajstić information content (AvgIpc) is 3.01. The number of aromatic hydroxyl groups is 2. The molecule has 45 heavy (non-hydrogen) atoms. The predicted octanol–water partition coefficient (Wildman–Crippen LogP) is -1.08. The van der Waals surface area contributed by atoms with E-state index < -0.39 is 79.2 Å². The Morgan fingerprint density at radius 1 is 0.778 bits per heavy atom. The Hall–Kier alpha value is -3.71. The van der Waals surface area contributed by atoms with E-state index >= 15 is 0 Å². The molecule has 0 radical (unpaired) electrons. The molecule has 2 aliphatic heterocycles. The second-order valence-corrected chi connectivity index (χ2v) is 10.6. The van der Waals surface area contributed by atoms with E-state index in [1.807, 2.05) is 0 Å². The van der Waals surface area contributed by atoms with Crippen LogP contribution in [0.1, 0.15) is 6.92 Å². The Bertz CT molecular complexity index is 1570. The number of ether oxygens (including phenoxy) is 6. The SMILES string of the molecule is COc1cc(-c2oc3cc(O[C@@H]4OC(CO[C@@H]5OC(C)[C@H](O)C(O)[C@@H]5O)[C@@H](O)[C@H](O)C4O)cc(O)c3c(=O)c2OC)ccc1O. The Labute approximate surface area is 254 Å². The summed E-state index contributed by atoms with van der Waals surface area (Å²) in [5.74, 6) is -1.12. The largest absolute Gasteiger partial charge is 0.507 e. The van der Waals surface area contributed by atoms with Gasteiger partial charge in [-0.3, -0.25) is 4.79 Å². The summed E-state index contributed by atoms with van der Waals surface area (Å²) in [6.45, 7) is 0.937. The highest BCUT2D eigenvalue weighted by Gasteiger charge is 2.47. The van der Waals surface area contributed by atoms with E-state index in [4.69, 9.17) is 32.8 Å². The third-order valence-electron chi connectivity index (χ3n) is 7.71. The molecule has 8 N–H and O–H groups in total. The van der Waals surface area contributed by atoms with Crippen molar-refractivity contribution in [3.8, 4) is 40.1 Å². The molecule has 2 aliphatic rings. The van der Waals surface area contributed by atoms with Gasteiger partial charge in [0.15, 0.2) is 23.5 Å². The third kappa shape index (κ3) is 6.11. The van der Waals surface area contributed by atoms with Crippen LogP contribution in [-0.2, 0) is 14.2 Å². The molecule has 5 rings (SSSR count). The number of phenols is 2. The van der Waals surface area contributed by atoms with Crippen LogP contribution in [0.4, 0.5) is 0 Å². The molecule has 10 atom stereocenters. The van der Waals surface area contributed by atoms with E-state index in [0.717, 1.165) is 6.07 Å². The molecule has 16 heteroatoms. The molecule has 4 unspecified atom stereocenters. The monoisotopic (exact) mass is 638 g/mol. The van der Waals surface area contributed by atoms with E-state index in [0.29, 0.717) is 5.56 Å². The van der Waals surface area contributed by atoms with Crippen molar-refractivity contribution in [2.75, 3.05) is 20.8 Å². The molecule has 246 valence electrons. The fraction of sp³-hybridized carbons (Fsp3) is 0.483. The average molecular weight is 639 g/mol. The highest BCUT2D eigenvalue weighted by molar-refractivity contribution is 5.88. The zero-order valence-electron chi connectivity index (χ0n) is 24.2. The van der Waals surface area contributed by atoms with Crippen molar-refractivity contribution in [3.63, 3.8) is 0 Å². The zero-order chi connectivity index (χ0) is 32.7. The van der Waals surface area contributed by atoms with Crippen molar-refractivity contribution in [1.82, 2.24) is 0 Å². The first-order valence-corrected chi connectivity index (χ1v) is 13.8. The van der Waals surface area contributed by atoms with Crippen molar-refractivity contribution in [1.29, 1.82) is 0 Å². The van der Waals surface area contributed by atoms with Gasteiger partial charge < -0.3 is 73.7 Å². The standard InChI is InChI=1S/C29H34O16/c1-10-19(32)22(35)24(37)28(42-10)41-9-17-20(33)23(36)25(38)29(45-17)43-12-7-14(31)18-16(8-12)44-26(27(40-3)21(18)34)11-4-5-13(30)15(6-11)39-2/h4-8,10,17,19-20,22-25,28-33,35-38H,9H2,1-3H3/t10?,17?,19-,20+,22?,23-,24-,25?,28+,29+/m0/s1. The second-order valence-electron chi connectivity index (χ2n) is 10.6. The number of aliphatic hydroxyl groups excluding tert-OH is 6. The lowest BCUT2D eigenvalue weighted by atomic mass is 9.98. The van der Waals surface area contributed by atoms with Gasteiger partial charge in [-0.2, -0.15) is 0 Å². The van der Waals surface area contributed by atoms with E-state index in [1.54, 1.807) is 0 Å². The van der Waals surface area contributed by atoms with Gasteiger partial charge in [-0.05, 0) is 25.1 Å². The van der Waals surface area contributed by atoms with Gasteiger partial charge in [-0.25, -0.2) is 0 Å². The van der Waals surface area contributed by atoms with Gasteiger partial charge in [0.25, 0.3) is 0 Å². The summed E-state index contributed by atoms with van der Waals surface area (Å²) in [4.78, 5) is 13.3. The molecule has 0 bridgehead atoms. The first-order valence-electron chi connectivity index (χ1n) is 13.8. The minimum Gasteiger partial charge on any atom is -0.507 e. The number of hydrogen-bond donors (Lipinski definition) is 8. The van der Waals surface area contributed by atoms with Crippen LogP contribution in [-0.4, -0.2) is 123 Å². The van der Waals surface area contributed by atoms with Gasteiger partial charge in [-0.1, -0.05) is 0 Å². The molecule has 0 saturated carbocycles. The quantitative estimate of drug-likeness (QED) is 0.146. The number of benzene rings is 2. The van der Waals surface area contributed by atoms with Crippen LogP contribution in [0, 0.1) is 0 Å². The number of hydrogen-bond acceptors (Lipinski definition) is 16. The normalized spacial score (nSPS) is 31.9. The number of fused-ring (bicyclic) bond motifs is 1. The summed E-state index contributed by atoms with van der Waals surface area (Å²) in [6, 6.07) is 6.44. The maximum atomic E-state index is 13.3. The molecule has 2 fully saturated rings. The number of aliphatic hydroxyl groups is 6. The molecule has 0 aliphatic carbocycles. The van der Waals surface area contributed by atoms with Crippen LogP contribution >= 0.6 is 0 Å². The third-order valence-corrected chi connectivity index (χ3v) is 7.71. The Balaban J connectivity index is 1.41. The van der Waals surface area contributed by atoms with Crippen molar-refractivity contribution >= 4 is 11.0 Å². The minimum absolute atomic E-state index is 0.0615. The smallest absolute Gasteiger partial charge is 0.239 e. The molecule has 0 spiro atoms. The fourth-order valence-corrected chi connectivity index (χ4v) is 5.15. The van der Waals surface area contributed by atoms with Gasteiger partial charge >= 0.3 is 0 Å². The summed E-state index contributed by atoms with van der Waals surface area (Å²) < 4.78 is 38.5. The molecular weight excluding hydrogens is 604 g/mol. The summed E-state index contributed by atoms with van der Waals surface area (Å²) in [5, 5.41) is 82.1. The van der Waals surface area contributed by atoms with Crippen molar-refractivity contribution in [3.05, 3.63) is 40.6 Å². The fourth-order valence-electron chi connectivity index (χ4n) is 5.15. The highest BCUT2D eigenvalue weighted by atomic mass is 16.7. The lowest BCUT2D eigenvalue weighted by molar-refractivity contribution is -0.318. The van der Waals surface area contributed by atoms with E-state index in [1.165, 1.54) is 45.4 Å². The molecule has 3 heterocycles. The van der Waals surface area contributed by atoms with Crippen LogP contribution in [0.15, 0.2) is 39.5 Å². The van der Waals surface area contributed by atoms with E-state index in [-0.39, 0.29) is 39.7 Å². The summed E-state index contributed by atoms with van der Waals surface area (Å²) >= 11 is 0. The van der Waals surface area contributed by atoms with Gasteiger partial charge in [0.2, 0.25) is 17.5 Å². The number of methoxy groups -OCH3 is 2. The maximum absolute atomic E-state index is 13.3. The maximum Gasteiger partial charge on any atom is 0.239 e. The minimum atomic E-state index is -1.80. The zero-order valence-corrected chi connectivity index (χ0v) is 24.2. The summed E-state index contributed by atoms with van der Waals surface area (Å²) in [5.41, 5.74) is -0.601. The lowest BCUT2D eigenvalue weighted by Gasteiger charge is -2.42. The molecule has 16 nitrogen and oxygen atoms in total. The molecule has 0 amide bonds. The first-order chi connectivity index (χ1) is 21.4. The Morgan fingerprint density at radius 2 is 1.47 bits per heavy atom. The van der Waals surface area contributed by atoms with Gasteiger partial charge in [0.1, 0.15) is 65.2 Å². The Kier molecular flexibility index (Phi) is 9.41. The van der Waals surface area contributed by atoms with Crippen LogP contribution < -0.4 is 19.6 Å². The van der Waals surface area contributed by atoms with Crippen LogP contribution in [0.3, 0.4) is 0 Å². The van der Waals surface area contributed by atoms with Crippen molar-refractivity contribution in [2.24, 2.45) is 0 Å².